The van der Waals surface area contributed by atoms with Crippen LogP contribution in [0.1, 0.15) is 29.8 Å². The minimum absolute atomic E-state index is 0.133. The second-order valence-electron chi connectivity index (χ2n) is 9.18. The van der Waals surface area contributed by atoms with Gasteiger partial charge in [0.15, 0.2) is 29.3 Å². The number of hydrogen-bond donors (Lipinski definition) is 0. The van der Waals surface area contributed by atoms with Crippen LogP contribution in [-0.4, -0.2) is 18.7 Å². The number of benzene rings is 4. The standard InChI is InChI=1S/C31H27Cl2N3O3/c1-20-8-7-11-26(16-20)35-30(21(2)37)34-36(25-9-5-4-6-10-25)31(35)22-13-15-28(29(17-22)38-3)39-19-23-12-14-24(32)18-27(23)33/h4-18,31H,19H2,1-3H3/t31-/m0/s1. The summed E-state index contributed by atoms with van der Waals surface area (Å²) in [5, 5.41) is 7.76. The molecular formula is C31H27Cl2N3O3. The zero-order valence-corrected chi connectivity index (χ0v) is 23.3. The summed E-state index contributed by atoms with van der Waals surface area (Å²) in [6.45, 7) is 3.81. The fourth-order valence-corrected chi connectivity index (χ4v) is 5.00. The average Bonchev–Trinajstić information content (AvgIpc) is 3.34. The first-order chi connectivity index (χ1) is 18.9. The number of hydrazone groups is 1. The van der Waals surface area contributed by atoms with E-state index in [4.69, 9.17) is 37.8 Å². The van der Waals surface area contributed by atoms with Gasteiger partial charge >= 0.3 is 0 Å². The summed E-state index contributed by atoms with van der Waals surface area (Å²) < 4.78 is 11.8. The third-order valence-electron chi connectivity index (χ3n) is 6.41. The summed E-state index contributed by atoms with van der Waals surface area (Å²) in [6, 6.07) is 28.9. The van der Waals surface area contributed by atoms with Crippen LogP contribution in [0.2, 0.25) is 10.0 Å². The first-order valence-corrected chi connectivity index (χ1v) is 13.2. The first kappa shape index (κ1) is 26.6. The Bertz CT molecular complexity index is 1540. The SMILES string of the molecule is COc1cc([C@@H]2N(c3ccccc3)N=C(C(C)=O)N2c2cccc(C)c2)ccc1OCc1ccc(Cl)cc1Cl. The molecule has 5 rings (SSSR count). The van der Waals surface area contributed by atoms with Crippen molar-refractivity contribution in [3.8, 4) is 11.5 Å². The molecule has 0 saturated heterocycles. The van der Waals surface area contributed by atoms with Gasteiger partial charge in [0.2, 0.25) is 0 Å². The molecule has 1 aliphatic heterocycles. The van der Waals surface area contributed by atoms with Crippen LogP contribution in [0, 0.1) is 6.92 Å². The third kappa shape index (κ3) is 5.58. The van der Waals surface area contributed by atoms with Gasteiger partial charge in [-0.2, -0.15) is 0 Å². The second kappa shape index (κ2) is 11.4. The van der Waals surface area contributed by atoms with Gasteiger partial charge in [-0.3, -0.25) is 9.69 Å². The minimum Gasteiger partial charge on any atom is -0.493 e. The third-order valence-corrected chi connectivity index (χ3v) is 6.99. The Kier molecular flexibility index (Phi) is 7.77. The highest BCUT2D eigenvalue weighted by atomic mass is 35.5. The Morgan fingerprint density at radius 1 is 0.897 bits per heavy atom. The van der Waals surface area contributed by atoms with E-state index < -0.39 is 6.17 Å². The van der Waals surface area contributed by atoms with Crippen molar-refractivity contribution in [2.75, 3.05) is 17.0 Å². The van der Waals surface area contributed by atoms with Crippen molar-refractivity contribution >= 4 is 46.2 Å². The van der Waals surface area contributed by atoms with Crippen molar-refractivity contribution < 1.29 is 14.3 Å². The van der Waals surface area contributed by atoms with E-state index >= 15 is 0 Å². The number of halogens is 2. The number of methoxy groups -OCH3 is 1. The van der Waals surface area contributed by atoms with E-state index in [1.165, 1.54) is 6.92 Å². The van der Waals surface area contributed by atoms with E-state index in [9.17, 15) is 4.79 Å². The number of hydrogen-bond acceptors (Lipinski definition) is 6. The van der Waals surface area contributed by atoms with Gasteiger partial charge in [-0.05, 0) is 61.0 Å². The maximum atomic E-state index is 12.9. The van der Waals surface area contributed by atoms with Gasteiger partial charge in [-0.25, -0.2) is 5.01 Å². The van der Waals surface area contributed by atoms with E-state index in [2.05, 4.69) is 0 Å². The number of amidine groups is 1. The minimum atomic E-state index is -0.443. The Balaban J connectivity index is 1.56. The van der Waals surface area contributed by atoms with Crippen LogP contribution >= 0.6 is 23.2 Å². The molecule has 0 aliphatic carbocycles. The lowest BCUT2D eigenvalue weighted by Gasteiger charge is -2.32. The van der Waals surface area contributed by atoms with Gasteiger partial charge in [0.1, 0.15) is 6.61 Å². The van der Waals surface area contributed by atoms with Crippen molar-refractivity contribution in [2.24, 2.45) is 5.10 Å². The fourth-order valence-electron chi connectivity index (χ4n) is 4.54. The second-order valence-corrected chi connectivity index (χ2v) is 10.0. The van der Waals surface area contributed by atoms with Crippen LogP contribution in [-0.2, 0) is 11.4 Å². The number of carbonyl (C=O) groups excluding carboxylic acids is 1. The highest BCUT2D eigenvalue weighted by Crippen LogP contribution is 2.42. The number of ketones is 1. The lowest BCUT2D eigenvalue weighted by molar-refractivity contribution is -0.111. The quantitative estimate of drug-likeness (QED) is 0.220. The smallest absolute Gasteiger partial charge is 0.198 e. The summed E-state index contributed by atoms with van der Waals surface area (Å²) >= 11 is 12.4. The number of aryl methyl sites for hydroxylation is 1. The summed E-state index contributed by atoms with van der Waals surface area (Å²) in [7, 11) is 1.60. The predicted molar refractivity (Wildman–Crippen MR) is 157 cm³/mol. The summed E-state index contributed by atoms with van der Waals surface area (Å²) in [5.41, 5.74) is 4.48. The molecule has 39 heavy (non-hydrogen) atoms. The molecule has 1 aliphatic rings. The van der Waals surface area contributed by atoms with Crippen molar-refractivity contribution in [2.45, 2.75) is 26.6 Å². The molecule has 0 aromatic heterocycles. The Morgan fingerprint density at radius 2 is 1.67 bits per heavy atom. The molecule has 0 amide bonds. The Hall–Kier alpha value is -4.00. The molecule has 0 N–H and O–H groups in total. The van der Waals surface area contributed by atoms with Gasteiger partial charge in [0.25, 0.3) is 0 Å². The monoisotopic (exact) mass is 559 g/mol. The maximum Gasteiger partial charge on any atom is 0.198 e. The van der Waals surface area contributed by atoms with Crippen molar-refractivity contribution in [3.05, 3.63) is 118 Å². The molecule has 0 fully saturated rings. The molecular weight excluding hydrogens is 533 g/mol. The zero-order chi connectivity index (χ0) is 27.5. The molecule has 4 aromatic carbocycles. The summed E-state index contributed by atoms with van der Waals surface area (Å²) in [6.07, 6.45) is -0.443. The van der Waals surface area contributed by atoms with Gasteiger partial charge in [0, 0.05) is 33.8 Å². The van der Waals surface area contributed by atoms with Gasteiger partial charge in [-0.1, -0.05) is 65.7 Å². The molecule has 0 bridgehead atoms. The summed E-state index contributed by atoms with van der Waals surface area (Å²) in [4.78, 5) is 14.8. The van der Waals surface area contributed by atoms with E-state index in [1.807, 2.05) is 95.7 Å². The summed E-state index contributed by atoms with van der Waals surface area (Å²) in [5.74, 6) is 1.33. The highest BCUT2D eigenvalue weighted by molar-refractivity contribution is 6.44. The largest absolute Gasteiger partial charge is 0.493 e. The number of anilines is 2. The topological polar surface area (TPSA) is 54.4 Å². The van der Waals surface area contributed by atoms with Crippen LogP contribution in [0.4, 0.5) is 11.4 Å². The molecule has 6 nitrogen and oxygen atoms in total. The van der Waals surface area contributed by atoms with Crippen LogP contribution in [0.3, 0.4) is 0 Å². The molecule has 198 valence electrons. The number of carbonyl (C=O) groups is 1. The molecule has 0 radical (unpaired) electrons. The molecule has 1 atom stereocenters. The van der Waals surface area contributed by atoms with Gasteiger partial charge in [-0.15, -0.1) is 5.10 Å². The molecule has 0 unspecified atom stereocenters. The number of rotatable bonds is 8. The first-order valence-electron chi connectivity index (χ1n) is 12.4. The van der Waals surface area contributed by atoms with Crippen LogP contribution in [0.5, 0.6) is 11.5 Å². The number of ether oxygens (including phenoxy) is 2. The van der Waals surface area contributed by atoms with Crippen LogP contribution in [0.25, 0.3) is 0 Å². The molecule has 0 spiro atoms. The number of Topliss-reactive ketones (excluding diaryl/α,β-unsaturated/α-hetero) is 1. The van der Waals surface area contributed by atoms with Gasteiger partial charge in [0.05, 0.1) is 12.8 Å². The predicted octanol–water partition coefficient (Wildman–Crippen LogP) is 7.82. The fraction of sp³-hybridized carbons (Fsp3) is 0.161. The van der Waals surface area contributed by atoms with Gasteiger partial charge < -0.3 is 9.47 Å². The Labute approximate surface area is 238 Å². The van der Waals surface area contributed by atoms with Crippen molar-refractivity contribution in [3.63, 3.8) is 0 Å². The maximum absolute atomic E-state index is 12.9. The molecule has 8 heteroatoms. The van der Waals surface area contributed by atoms with Crippen molar-refractivity contribution in [1.29, 1.82) is 0 Å². The van der Waals surface area contributed by atoms with E-state index in [0.717, 1.165) is 28.1 Å². The number of nitrogens with zero attached hydrogens (tertiary/aromatic N) is 3. The molecule has 0 saturated carbocycles. The average molecular weight is 560 g/mol. The molecule has 1 heterocycles. The highest BCUT2D eigenvalue weighted by Gasteiger charge is 2.39. The number of para-hydroxylation sites is 1. The van der Waals surface area contributed by atoms with E-state index in [-0.39, 0.29) is 12.4 Å². The van der Waals surface area contributed by atoms with Crippen molar-refractivity contribution in [1.82, 2.24) is 0 Å². The van der Waals surface area contributed by atoms with E-state index in [1.54, 1.807) is 19.2 Å². The Morgan fingerprint density at radius 3 is 2.36 bits per heavy atom. The lowest BCUT2D eigenvalue weighted by atomic mass is 10.1. The van der Waals surface area contributed by atoms with Crippen LogP contribution < -0.4 is 19.4 Å². The normalized spacial score (nSPS) is 14.8. The zero-order valence-electron chi connectivity index (χ0n) is 21.8. The van der Waals surface area contributed by atoms with E-state index in [0.29, 0.717) is 27.4 Å². The lowest BCUT2D eigenvalue weighted by Crippen LogP contribution is -2.37. The van der Waals surface area contributed by atoms with Crippen LogP contribution in [0.15, 0.2) is 96.1 Å². The molecule has 4 aromatic rings.